The van der Waals surface area contributed by atoms with Crippen LogP contribution in [0.3, 0.4) is 0 Å². The number of aromatic nitrogens is 1. The summed E-state index contributed by atoms with van der Waals surface area (Å²) in [5, 5.41) is 4.97. The first kappa shape index (κ1) is 13.0. The summed E-state index contributed by atoms with van der Waals surface area (Å²) in [7, 11) is -2.84. The fraction of sp³-hybridized carbons (Fsp3) is 0.385. The van der Waals surface area contributed by atoms with Gasteiger partial charge >= 0.3 is 0 Å². The second-order valence-electron chi connectivity index (χ2n) is 4.94. The zero-order chi connectivity index (χ0) is 13.5. The number of rotatable bonds is 3. The van der Waals surface area contributed by atoms with Crippen LogP contribution in [0.4, 0.5) is 0 Å². The minimum Gasteiger partial charge on any atom is -0.356 e. The molecule has 0 spiro atoms. The minimum atomic E-state index is -2.84. The Bertz CT molecular complexity index is 709. The van der Waals surface area contributed by atoms with E-state index in [9.17, 15) is 8.42 Å². The van der Waals surface area contributed by atoms with Gasteiger partial charge in [0.05, 0.1) is 16.5 Å². The minimum absolute atomic E-state index is 0.0347. The Morgan fingerprint density at radius 2 is 2.16 bits per heavy atom. The predicted molar refractivity (Wildman–Crippen MR) is 77.2 cm³/mol. The highest BCUT2D eigenvalue weighted by Gasteiger charge is 2.27. The summed E-state index contributed by atoms with van der Waals surface area (Å²) in [6.07, 6.45) is 0.681. The first-order valence-corrected chi connectivity index (χ1v) is 8.44. The molecule has 1 saturated heterocycles. The van der Waals surface area contributed by atoms with Crippen LogP contribution in [0, 0.1) is 0 Å². The molecule has 19 heavy (non-hydrogen) atoms. The van der Waals surface area contributed by atoms with E-state index in [1.54, 1.807) is 0 Å². The fourth-order valence-electron chi connectivity index (χ4n) is 2.49. The summed E-state index contributed by atoms with van der Waals surface area (Å²) in [5.41, 5.74) is 1.91. The number of hydrogen-bond donors (Lipinski definition) is 2. The summed E-state index contributed by atoms with van der Waals surface area (Å²) < 4.78 is 22.8. The van der Waals surface area contributed by atoms with Crippen LogP contribution >= 0.6 is 11.6 Å². The van der Waals surface area contributed by atoms with E-state index in [4.69, 9.17) is 11.6 Å². The molecule has 1 aromatic heterocycles. The first-order chi connectivity index (χ1) is 9.05. The lowest BCUT2D eigenvalue weighted by Gasteiger charge is -2.09. The lowest BCUT2D eigenvalue weighted by Crippen LogP contribution is -2.29. The topological polar surface area (TPSA) is 62.0 Å². The van der Waals surface area contributed by atoms with Gasteiger partial charge in [0.25, 0.3) is 0 Å². The van der Waals surface area contributed by atoms with Crippen LogP contribution in [0.1, 0.15) is 12.1 Å². The van der Waals surface area contributed by atoms with Crippen LogP contribution in [0.5, 0.6) is 0 Å². The van der Waals surface area contributed by atoms with Crippen molar-refractivity contribution in [2.24, 2.45) is 0 Å². The Morgan fingerprint density at radius 1 is 1.37 bits per heavy atom. The molecular formula is C13H15ClN2O2S. The number of benzene rings is 1. The average molecular weight is 299 g/mol. The fourth-order valence-corrected chi connectivity index (χ4v) is 4.47. The van der Waals surface area contributed by atoms with Crippen molar-refractivity contribution in [2.75, 3.05) is 11.5 Å². The normalized spacial score (nSPS) is 22.1. The standard InChI is InChI=1S/C13H15ClN2O2S/c14-13-10-3-1-2-4-11(10)16-12(13)7-15-9-5-6-19(17,18)8-9/h1-4,9,15-16H,5-8H2. The van der Waals surface area contributed by atoms with Gasteiger partial charge in [-0.25, -0.2) is 8.42 Å². The van der Waals surface area contributed by atoms with Gasteiger partial charge in [-0.2, -0.15) is 0 Å². The summed E-state index contributed by atoms with van der Waals surface area (Å²) in [6, 6.07) is 7.88. The second-order valence-corrected chi connectivity index (χ2v) is 7.55. The average Bonchev–Trinajstić information content (AvgIpc) is 2.88. The van der Waals surface area contributed by atoms with Crippen molar-refractivity contribution < 1.29 is 8.42 Å². The molecule has 1 aliphatic rings. The monoisotopic (exact) mass is 298 g/mol. The highest BCUT2D eigenvalue weighted by atomic mass is 35.5. The van der Waals surface area contributed by atoms with Crippen LogP contribution in [-0.2, 0) is 16.4 Å². The van der Waals surface area contributed by atoms with E-state index < -0.39 is 9.84 Å². The molecule has 2 heterocycles. The number of sulfone groups is 1. The van der Waals surface area contributed by atoms with Crippen LogP contribution in [0.25, 0.3) is 10.9 Å². The van der Waals surface area contributed by atoms with Gasteiger partial charge < -0.3 is 10.3 Å². The number of H-pyrrole nitrogens is 1. The SMILES string of the molecule is O=S1(=O)CCC(NCc2[nH]c3ccccc3c2Cl)C1. The molecule has 0 radical (unpaired) electrons. The number of nitrogens with one attached hydrogen (secondary N) is 2. The van der Waals surface area contributed by atoms with E-state index >= 15 is 0 Å². The molecule has 2 N–H and O–H groups in total. The molecule has 0 amide bonds. The lowest BCUT2D eigenvalue weighted by atomic mass is 10.2. The van der Waals surface area contributed by atoms with Crippen molar-refractivity contribution >= 4 is 32.3 Å². The molecule has 0 aliphatic carbocycles. The molecule has 1 unspecified atom stereocenters. The van der Waals surface area contributed by atoms with Crippen molar-refractivity contribution in [3.8, 4) is 0 Å². The molecule has 3 rings (SSSR count). The smallest absolute Gasteiger partial charge is 0.151 e. The van der Waals surface area contributed by atoms with E-state index in [0.717, 1.165) is 16.6 Å². The van der Waals surface area contributed by atoms with Crippen molar-refractivity contribution in [3.05, 3.63) is 35.0 Å². The maximum atomic E-state index is 11.4. The van der Waals surface area contributed by atoms with Crippen molar-refractivity contribution in [2.45, 2.75) is 19.0 Å². The van der Waals surface area contributed by atoms with Crippen LogP contribution < -0.4 is 5.32 Å². The molecule has 6 heteroatoms. The van der Waals surface area contributed by atoms with Crippen LogP contribution in [0.15, 0.2) is 24.3 Å². The van der Waals surface area contributed by atoms with Crippen molar-refractivity contribution in [3.63, 3.8) is 0 Å². The molecule has 0 bridgehead atoms. The quantitative estimate of drug-likeness (QED) is 0.912. The maximum absolute atomic E-state index is 11.4. The highest BCUT2D eigenvalue weighted by Crippen LogP contribution is 2.27. The summed E-state index contributed by atoms with van der Waals surface area (Å²) in [6.45, 7) is 0.563. The number of aromatic amines is 1. The van der Waals surface area contributed by atoms with Gasteiger partial charge in [-0.05, 0) is 12.5 Å². The number of para-hydroxylation sites is 1. The molecule has 102 valence electrons. The van der Waals surface area contributed by atoms with Gasteiger partial charge in [0.2, 0.25) is 0 Å². The van der Waals surface area contributed by atoms with Crippen LogP contribution in [-0.4, -0.2) is 30.9 Å². The lowest BCUT2D eigenvalue weighted by molar-refractivity contribution is 0.550. The third-order valence-corrected chi connectivity index (χ3v) is 5.71. The van der Waals surface area contributed by atoms with Crippen LogP contribution in [0.2, 0.25) is 5.02 Å². The summed E-state index contributed by atoms with van der Waals surface area (Å²) >= 11 is 6.31. The number of fused-ring (bicyclic) bond motifs is 1. The van der Waals surface area contributed by atoms with Gasteiger partial charge in [0, 0.05) is 29.2 Å². The van der Waals surface area contributed by atoms with Gasteiger partial charge in [-0.15, -0.1) is 0 Å². The van der Waals surface area contributed by atoms with Gasteiger partial charge in [-0.1, -0.05) is 29.8 Å². The molecule has 2 aromatic rings. The zero-order valence-corrected chi connectivity index (χ0v) is 11.9. The maximum Gasteiger partial charge on any atom is 0.151 e. The first-order valence-electron chi connectivity index (χ1n) is 6.24. The van der Waals surface area contributed by atoms with Gasteiger partial charge in [0.15, 0.2) is 9.84 Å². The van der Waals surface area contributed by atoms with E-state index in [1.165, 1.54) is 0 Å². The third-order valence-electron chi connectivity index (χ3n) is 3.51. The molecule has 4 nitrogen and oxygen atoms in total. The second kappa shape index (κ2) is 4.81. The Hall–Kier alpha value is -1.04. The molecule has 0 saturated carbocycles. The molecular weight excluding hydrogens is 284 g/mol. The zero-order valence-electron chi connectivity index (χ0n) is 10.3. The Kier molecular flexibility index (Phi) is 3.28. The van der Waals surface area contributed by atoms with E-state index in [1.807, 2.05) is 24.3 Å². The Labute approximate surface area is 117 Å². The molecule has 1 atom stereocenters. The van der Waals surface area contributed by atoms with Gasteiger partial charge in [-0.3, -0.25) is 0 Å². The van der Waals surface area contributed by atoms with E-state index in [2.05, 4.69) is 10.3 Å². The van der Waals surface area contributed by atoms with E-state index in [0.29, 0.717) is 18.0 Å². The number of hydrogen-bond acceptors (Lipinski definition) is 3. The summed E-state index contributed by atoms with van der Waals surface area (Å²) in [4.78, 5) is 3.26. The van der Waals surface area contributed by atoms with E-state index in [-0.39, 0.29) is 17.5 Å². The largest absolute Gasteiger partial charge is 0.356 e. The molecule has 1 fully saturated rings. The third kappa shape index (κ3) is 2.63. The molecule has 1 aliphatic heterocycles. The van der Waals surface area contributed by atoms with Crippen molar-refractivity contribution in [1.82, 2.24) is 10.3 Å². The van der Waals surface area contributed by atoms with Crippen molar-refractivity contribution in [1.29, 1.82) is 0 Å². The number of halogens is 1. The summed E-state index contributed by atoms with van der Waals surface area (Å²) in [5.74, 6) is 0.510. The predicted octanol–water partition coefficient (Wildman–Crippen LogP) is 2.10. The Morgan fingerprint density at radius 3 is 2.84 bits per heavy atom. The van der Waals surface area contributed by atoms with Gasteiger partial charge in [0.1, 0.15) is 0 Å². The molecule has 1 aromatic carbocycles. The highest BCUT2D eigenvalue weighted by molar-refractivity contribution is 7.91. The Balaban J connectivity index is 1.74.